The molecule has 2 saturated carbocycles. The van der Waals surface area contributed by atoms with E-state index in [1.54, 1.807) is 0 Å². The molecule has 0 aromatic heterocycles. The van der Waals surface area contributed by atoms with Crippen LogP contribution in [0, 0.1) is 11.8 Å². The van der Waals surface area contributed by atoms with Crippen molar-refractivity contribution >= 4 is 5.97 Å². The van der Waals surface area contributed by atoms with Crippen molar-refractivity contribution in [1.29, 1.82) is 0 Å². The van der Waals surface area contributed by atoms with Gasteiger partial charge >= 0.3 is 24.1 Å². The third kappa shape index (κ3) is 3.53. The molecule has 2 bridgehead atoms. The molecule has 2 aliphatic rings. The number of ether oxygens (including phenoxy) is 2. The number of aliphatic hydroxyl groups is 1. The van der Waals surface area contributed by atoms with E-state index < -0.39 is 42.4 Å². The molecule has 0 amide bonds. The smallest absolute Gasteiger partial charge is 0.453 e. The number of rotatable bonds is 5. The van der Waals surface area contributed by atoms with E-state index >= 15 is 0 Å². The summed E-state index contributed by atoms with van der Waals surface area (Å²) in [6, 6.07) is 0. The standard InChI is InChI=1S/C14H16F6O4/c1-7(6-23-12(22,13(15,16)17)14(18,19)20)11(21)24-10-5-8-2-3-9(10)4-8/h8-10,22H,1-6H2. The van der Waals surface area contributed by atoms with Gasteiger partial charge in [0.2, 0.25) is 0 Å². The van der Waals surface area contributed by atoms with E-state index in [-0.39, 0.29) is 5.92 Å². The van der Waals surface area contributed by atoms with Crippen LogP contribution in [0.15, 0.2) is 12.2 Å². The van der Waals surface area contributed by atoms with Gasteiger partial charge in [-0.3, -0.25) is 0 Å². The maximum Gasteiger partial charge on any atom is 0.453 e. The zero-order valence-corrected chi connectivity index (χ0v) is 12.4. The molecule has 0 saturated heterocycles. The fourth-order valence-electron chi connectivity index (χ4n) is 3.13. The Morgan fingerprint density at radius 1 is 1.08 bits per heavy atom. The molecule has 0 radical (unpaired) electrons. The highest BCUT2D eigenvalue weighted by Gasteiger charge is 2.72. The molecule has 0 aromatic carbocycles. The Morgan fingerprint density at radius 2 is 1.67 bits per heavy atom. The highest BCUT2D eigenvalue weighted by Crippen LogP contribution is 2.46. The van der Waals surface area contributed by atoms with Gasteiger partial charge in [0, 0.05) is 0 Å². The molecule has 0 spiro atoms. The maximum absolute atomic E-state index is 12.4. The molecule has 138 valence electrons. The predicted molar refractivity (Wildman–Crippen MR) is 67.5 cm³/mol. The third-order valence-corrected chi connectivity index (χ3v) is 4.44. The summed E-state index contributed by atoms with van der Waals surface area (Å²) >= 11 is 0. The van der Waals surface area contributed by atoms with Crippen molar-refractivity contribution in [3.8, 4) is 0 Å². The predicted octanol–water partition coefficient (Wildman–Crippen LogP) is 3.10. The summed E-state index contributed by atoms with van der Waals surface area (Å²) in [7, 11) is 0. The zero-order valence-electron chi connectivity index (χ0n) is 12.4. The highest BCUT2D eigenvalue weighted by molar-refractivity contribution is 5.88. The number of carbonyl (C=O) groups is 1. The van der Waals surface area contributed by atoms with E-state index in [9.17, 15) is 31.1 Å². The lowest BCUT2D eigenvalue weighted by atomic mass is 9.98. The third-order valence-electron chi connectivity index (χ3n) is 4.44. The Balaban J connectivity index is 1.92. The second-order valence-corrected chi connectivity index (χ2v) is 6.15. The van der Waals surface area contributed by atoms with Crippen LogP contribution in [0.3, 0.4) is 0 Å². The Kier molecular flexibility index (Phi) is 4.93. The Hall–Kier alpha value is -1.29. The van der Waals surface area contributed by atoms with Crippen LogP contribution < -0.4 is 0 Å². The number of halogens is 6. The number of esters is 1. The Labute approximate surface area is 133 Å². The summed E-state index contributed by atoms with van der Waals surface area (Å²) in [5, 5.41) is 8.82. The molecule has 2 aliphatic carbocycles. The molecule has 0 aromatic rings. The van der Waals surface area contributed by atoms with Crippen LogP contribution in [-0.4, -0.2) is 41.9 Å². The van der Waals surface area contributed by atoms with Gasteiger partial charge < -0.3 is 14.6 Å². The molecule has 24 heavy (non-hydrogen) atoms. The van der Waals surface area contributed by atoms with Crippen LogP contribution in [-0.2, 0) is 14.3 Å². The molecule has 0 aliphatic heterocycles. The zero-order chi connectivity index (χ0) is 18.3. The summed E-state index contributed by atoms with van der Waals surface area (Å²) < 4.78 is 83.3. The van der Waals surface area contributed by atoms with E-state index in [2.05, 4.69) is 11.3 Å². The fourth-order valence-corrected chi connectivity index (χ4v) is 3.13. The molecule has 0 heterocycles. The summed E-state index contributed by atoms with van der Waals surface area (Å²) in [6.45, 7) is 1.62. The molecule has 3 atom stereocenters. The number of hydrogen-bond donors (Lipinski definition) is 1. The Bertz CT molecular complexity index is 498. The maximum atomic E-state index is 12.4. The van der Waals surface area contributed by atoms with Crippen LogP contribution in [0.2, 0.25) is 0 Å². The van der Waals surface area contributed by atoms with Gasteiger partial charge in [-0.2, -0.15) is 26.3 Å². The number of fused-ring (bicyclic) bond motifs is 2. The minimum Gasteiger partial charge on any atom is -0.459 e. The molecule has 4 nitrogen and oxygen atoms in total. The summed E-state index contributed by atoms with van der Waals surface area (Å²) in [5.74, 6) is -5.91. The van der Waals surface area contributed by atoms with Crippen molar-refractivity contribution in [3.05, 3.63) is 12.2 Å². The van der Waals surface area contributed by atoms with Gasteiger partial charge in [0.05, 0.1) is 12.2 Å². The second-order valence-electron chi connectivity index (χ2n) is 6.15. The topological polar surface area (TPSA) is 55.8 Å². The number of alkyl halides is 6. The van der Waals surface area contributed by atoms with Gasteiger partial charge in [-0.25, -0.2) is 4.79 Å². The molecular formula is C14H16F6O4. The van der Waals surface area contributed by atoms with Crippen LogP contribution in [0.25, 0.3) is 0 Å². The average molecular weight is 362 g/mol. The normalized spacial score (nSPS) is 27.4. The summed E-state index contributed by atoms with van der Waals surface area (Å²) in [4.78, 5) is 11.7. The van der Waals surface area contributed by atoms with Crippen LogP contribution in [0.4, 0.5) is 26.3 Å². The van der Waals surface area contributed by atoms with E-state index in [1.165, 1.54) is 0 Å². The van der Waals surface area contributed by atoms with Gasteiger partial charge in [-0.15, -0.1) is 0 Å². The van der Waals surface area contributed by atoms with Crippen molar-refractivity contribution in [2.24, 2.45) is 11.8 Å². The van der Waals surface area contributed by atoms with Crippen molar-refractivity contribution in [2.45, 2.75) is 49.9 Å². The lowest BCUT2D eigenvalue weighted by Crippen LogP contribution is -2.59. The minimum absolute atomic E-state index is 0.162. The quantitative estimate of drug-likeness (QED) is 0.353. The second kappa shape index (κ2) is 6.21. The van der Waals surface area contributed by atoms with E-state index in [0.717, 1.165) is 19.3 Å². The first kappa shape index (κ1) is 19.0. The monoisotopic (exact) mass is 362 g/mol. The first-order valence-electron chi connectivity index (χ1n) is 7.23. The van der Waals surface area contributed by atoms with Crippen molar-refractivity contribution < 1.29 is 45.7 Å². The summed E-state index contributed by atoms with van der Waals surface area (Å²) in [5.41, 5.74) is -0.732. The first-order valence-corrected chi connectivity index (χ1v) is 7.23. The van der Waals surface area contributed by atoms with Crippen molar-refractivity contribution in [3.63, 3.8) is 0 Å². The van der Waals surface area contributed by atoms with Crippen LogP contribution >= 0.6 is 0 Å². The van der Waals surface area contributed by atoms with Gasteiger partial charge in [-0.1, -0.05) is 6.58 Å². The largest absolute Gasteiger partial charge is 0.459 e. The van der Waals surface area contributed by atoms with Crippen molar-refractivity contribution in [1.82, 2.24) is 0 Å². The van der Waals surface area contributed by atoms with Gasteiger partial charge in [0.15, 0.2) is 0 Å². The van der Waals surface area contributed by atoms with E-state index in [0.29, 0.717) is 12.3 Å². The molecule has 2 fully saturated rings. The average Bonchev–Trinajstić information content (AvgIpc) is 3.04. The molecule has 3 unspecified atom stereocenters. The van der Waals surface area contributed by atoms with Gasteiger partial charge in [-0.05, 0) is 37.5 Å². The molecule has 10 heteroatoms. The van der Waals surface area contributed by atoms with E-state index in [4.69, 9.17) is 9.84 Å². The molecular weight excluding hydrogens is 346 g/mol. The Morgan fingerprint density at radius 3 is 2.08 bits per heavy atom. The highest BCUT2D eigenvalue weighted by atomic mass is 19.4. The van der Waals surface area contributed by atoms with Gasteiger partial charge in [0.25, 0.3) is 0 Å². The summed E-state index contributed by atoms with van der Waals surface area (Å²) in [6.07, 6.45) is -9.25. The number of carbonyl (C=O) groups excluding carboxylic acids is 1. The fraction of sp³-hybridized carbons (Fsp3) is 0.786. The molecule has 1 N–H and O–H groups in total. The van der Waals surface area contributed by atoms with Crippen molar-refractivity contribution in [2.75, 3.05) is 6.61 Å². The number of hydrogen-bond acceptors (Lipinski definition) is 4. The van der Waals surface area contributed by atoms with Crippen LogP contribution in [0.1, 0.15) is 25.7 Å². The van der Waals surface area contributed by atoms with E-state index in [1.807, 2.05) is 0 Å². The minimum atomic E-state index is -6.12. The van der Waals surface area contributed by atoms with Crippen LogP contribution in [0.5, 0.6) is 0 Å². The molecule has 2 rings (SSSR count). The van der Waals surface area contributed by atoms with Gasteiger partial charge in [0.1, 0.15) is 6.10 Å². The SMILES string of the molecule is C=C(COC(O)(C(F)(F)F)C(F)(F)F)C(=O)OC1CC2CCC1C2. The first-order chi connectivity index (χ1) is 10.8. The lowest BCUT2D eigenvalue weighted by Gasteiger charge is -2.31. The lowest BCUT2D eigenvalue weighted by molar-refractivity contribution is -0.455.